The number of amides is 1. The third-order valence-electron chi connectivity index (χ3n) is 5.26. The highest BCUT2D eigenvalue weighted by atomic mass is 16.2. The Morgan fingerprint density at radius 3 is 2.35 bits per heavy atom. The average molecular weight is 349 g/mol. The van der Waals surface area contributed by atoms with Gasteiger partial charge in [-0.3, -0.25) is 9.59 Å². The van der Waals surface area contributed by atoms with Gasteiger partial charge in [-0.05, 0) is 54.0 Å². The van der Waals surface area contributed by atoms with Gasteiger partial charge in [0.1, 0.15) is 0 Å². The molecule has 2 aromatic carbocycles. The van der Waals surface area contributed by atoms with Crippen LogP contribution < -0.4 is 0 Å². The van der Waals surface area contributed by atoms with Crippen LogP contribution >= 0.6 is 0 Å². The molecule has 0 fully saturated rings. The minimum absolute atomic E-state index is 0.0130. The molecule has 0 aromatic heterocycles. The first-order valence-electron chi connectivity index (χ1n) is 9.53. The van der Waals surface area contributed by atoms with Gasteiger partial charge in [-0.2, -0.15) is 0 Å². The highest BCUT2D eigenvalue weighted by Gasteiger charge is 2.16. The molecule has 2 aromatic rings. The molecule has 0 heterocycles. The summed E-state index contributed by atoms with van der Waals surface area (Å²) in [5, 5.41) is 0. The van der Waals surface area contributed by atoms with Crippen molar-refractivity contribution in [3.8, 4) is 0 Å². The van der Waals surface area contributed by atoms with Crippen molar-refractivity contribution in [1.29, 1.82) is 0 Å². The highest BCUT2D eigenvalue weighted by molar-refractivity contribution is 5.98. The third-order valence-corrected chi connectivity index (χ3v) is 5.26. The van der Waals surface area contributed by atoms with E-state index in [1.807, 2.05) is 12.1 Å². The van der Waals surface area contributed by atoms with Crippen LogP contribution in [0.25, 0.3) is 0 Å². The van der Waals surface area contributed by atoms with E-state index >= 15 is 0 Å². The van der Waals surface area contributed by atoms with Crippen molar-refractivity contribution in [3.63, 3.8) is 0 Å². The van der Waals surface area contributed by atoms with Crippen LogP contribution in [0.1, 0.15) is 58.8 Å². The molecule has 0 atom stereocenters. The largest absolute Gasteiger partial charge is 0.341 e. The van der Waals surface area contributed by atoms with Crippen molar-refractivity contribution in [3.05, 3.63) is 70.3 Å². The Labute approximate surface area is 156 Å². The first-order valence-corrected chi connectivity index (χ1v) is 9.53. The minimum atomic E-state index is 0.0130. The first kappa shape index (κ1) is 18.4. The molecule has 0 saturated heterocycles. The van der Waals surface area contributed by atoms with Gasteiger partial charge in [0.25, 0.3) is 0 Å². The molecule has 0 bridgehead atoms. The maximum Gasteiger partial charge on any atom is 0.223 e. The molecule has 1 aliphatic carbocycles. The molecule has 0 spiro atoms. The van der Waals surface area contributed by atoms with Gasteiger partial charge in [0.2, 0.25) is 5.91 Å². The van der Waals surface area contributed by atoms with Crippen molar-refractivity contribution in [2.75, 3.05) is 7.05 Å². The van der Waals surface area contributed by atoms with E-state index in [2.05, 4.69) is 37.3 Å². The fourth-order valence-corrected chi connectivity index (χ4v) is 3.54. The van der Waals surface area contributed by atoms with Crippen molar-refractivity contribution in [1.82, 2.24) is 4.90 Å². The molecule has 26 heavy (non-hydrogen) atoms. The zero-order valence-electron chi connectivity index (χ0n) is 15.8. The number of aryl methyl sites for hydroxylation is 3. The number of rotatable bonds is 7. The van der Waals surface area contributed by atoms with Gasteiger partial charge in [0.05, 0.1) is 0 Å². The first-order chi connectivity index (χ1) is 12.6. The van der Waals surface area contributed by atoms with E-state index in [4.69, 9.17) is 0 Å². The zero-order valence-corrected chi connectivity index (χ0v) is 15.8. The van der Waals surface area contributed by atoms with Crippen LogP contribution in [0.5, 0.6) is 0 Å². The third kappa shape index (κ3) is 4.40. The molecule has 3 nitrogen and oxygen atoms in total. The van der Waals surface area contributed by atoms with Crippen LogP contribution in [-0.4, -0.2) is 23.6 Å². The Morgan fingerprint density at radius 1 is 0.923 bits per heavy atom. The number of hydrogen-bond donors (Lipinski definition) is 0. The lowest BCUT2D eigenvalue weighted by Gasteiger charge is -2.17. The molecule has 3 rings (SSSR count). The molecular weight excluding hydrogens is 322 g/mol. The lowest BCUT2D eigenvalue weighted by molar-refractivity contribution is -0.130. The summed E-state index contributed by atoms with van der Waals surface area (Å²) in [4.78, 5) is 26.5. The summed E-state index contributed by atoms with van der Waals surface area (Å²) >= 11 is 0. The standard InChI is InChI=1S/C23H27NO2/c1-3-17-7-9-18(10-8-17)16-24(2)23(26)14-13-22(25)21-12-11-19-5-4-6-20(19)15-21/h7-12,15H,3-6,13-14,16H2,1-2H3. The lowest BCUT2D eigenvalue weighted by Crippen LogP contribution is -2.26. The minimum Gasteiger partial charge on any atom is -0.341 e. The summed E-state index contributed by atoms with van der Waals surface area (Å²) in [5.41, 5.74) is 5.82. The summed E-state index contributed by atoms with van der Waals surface area (Å²) in [6, 6.07) is 14.3. The Balaban J connectivity index is 1.51. The molecule has 1 amide bonds. The van der Waals surface area contributed by atoms with Crippen LogP contribution in [0.3, 0.4) is 0 Å². The number of benzene rings is 2. The Hall–Kier alpha value is -2.42. The highest BCUT2D eigenvalue weighted by Crippen LogP contribution is 2.23. The van der Waals surface area contributed by atoms with Crippen molar-refractivity contribution >= 4 is 11.7 Å². The normalized spacial score (nSPS) is 12.7. The molecule has 1 aliphatic rings. The maximum atomic E-state index is 12.4. The molecule has 0 saturated carbocycles. The summed E-state index contributed by atoms with van der Waals surface area (Å²) in [5.74, 6) is 0.0767. The van der Waals surface area contributed by atoms with Gasteiger partial charge >= 0.3 is 0 Å². The molecule has 3 heteroatoms. The fourth-order valence-electron chi connectivity index (χ4n) is 3.54. The predicted molar refractivity (Wildman–Crippen MR) is 104 cm³/mol. The van der Waals surface area contributed by atoms with Crippen LogP contribution in [-0.2, 0) is 30.6 Å². The number of ketones is 1. The Morgan fingerprint density at radius 2 is 1.62 bits per heavy atom. The van der Waals surface area contributed by atoms with E-state index in [0.29, 0.717) is 6.54 Å². The molecular formula is C23H27NO2. The van der Waals surface area contributed by atoms with Crippen LogP contribution in [0, 0.1) is 0 Å². The zero-order chi connectivity index (χ0) is 18.5. The second-order valence-corrected chi connectivity index (χ2v) is 7.18. The fraction of sp³-hybridized carbons (Fsp3) is 0.391. The smallest absolute Gasteiger partial charge is 0.223 e. The number of nitrogens with zero attached hydrogens (tertiary/aromatic N) is 1. The van der Waals surface area contributed by atoms with E-state index < -0.39 is 0 Å². The van der Waals surface area contributed by atoms with E-state index in [1.54, 1.807) is 11.9 Å². The van der Waals surface area contributed by atoms with Crippen molar-refractivity contribution in [2.24, 2.45) is 0 Å². The van der Waals surface area contributed by atoms with Gasteiger partial charge in [-0.25, -0.2) is 0 Å². The topological polar surface area (TPSA) is 37.4 Å². The summed E-state index contributed by atoms with van der Waals surface area (Å²) < 4.78 is 0. The number of carbonyl (C=O) groups excluding carboxylic acids is 2. The quantitative estimate of drug-likeness (QED) is 0.697. The van der Waals surface area contributed by atoms with Crippen molar-refractivity contribution in [2.45, 2.75) is 52.0 Å². The second kappa shape index (κ2) is 8.31. The Bertz CT molecular complexity index is 792. The SMILES string of the molecule is CCc1ccc(CN(C)C(=O)CCC(=O)c2ccc3c(c2)CCC3)cc1. The Kier molecular flexibility index (Phi) is 5.87. The molecule has 0 radical (unpaired) electrons. The number of hydrogen-bond acceptors (Lipinski definition) is 2. The van der Waals surface area contributed by atoms with Crippen molar-refractivity contribution < 1.29 is 9.59 Å². The van der Waals surface area contributed by atoms with Crippen LogP contribution in [0.4, 0.5) is 0 Å². The molecule has 136 valence electrons. The summed E-state index contributed by atoms with van der Waals surface area (Å²) in [6.07, 6.45) is 4.91. The summed E-state index contributed by atoms with van der Waals surface area (Å²) in [7, 11) is 1.80. The number of Topliss-reactive ketones (excluding diaryl/α,β-unsaturated/α-hetero) is 1. The van der Waals surface area contributed by atoms with Gasteiger partial charge in [-0.15, -0.1) is 0 Å². The predicted octanol–water partition coefficient (Wildman–Crippen LogP) is 4.36. The molecule has 0 aliphatic heterocycles. The van der Waals surface area contributed by atoms with E-state index in [-0.39, 0.29) is 24.5 Å². The van der Waals surface area contributed by atoms with E-state index in [1.165, 1.54) is 23.1 Å². The van der Waals surface area contributed by atoms with E-state index in [9.17, 15) is 9.59 Å². The van der Waals surface area contributed by atoms with Gasteiger partial charge in [0.15, 0.2) is 5.78 Å². The lowest BCUT2D eigenvalue weighted by atomic mass is 10.0. The maximum absolute atomic E-state index is 12.4. The van der Waals surface area contributed by atoms with Crippen LogP contribution in [0.2, 0.25) is 0 Å². The van der Waals surface area contributed by atoms with Gasteiger partial charge < -0.3 is 4.90 Å². The average Bonchev–Trinajstić information content (AvgIpc) is 3.14. The number of carbonyl (C=O) groups is 2. The van der Waals surface area contributed by atoms with E-state index in [0.717, 1.165) is 30.4 Å². The molecule has 0 N–H and O–H groups in total. The van der Waals surface area contributed by atoms with Crippen LogP contribution in [0.15, 0.2) is 42.5 Å². The molecule has 0 unspecified atom stereocenters. The monoisotopic (exact) mass is 349 g/mol. The number of fused-ring (bicyclic) bond motifs is 1. The second-order valence-electron chi connectivity index (χ2n) is 7.18. The van der Waals surface area contributed by atoms with Gasteiger partial charge in [-0.1, -0.05) is 43.3 Å². The van der Waals surface area contributed by atoms with Gasteiger partial charge in [0, 0.05) is 32.0 Å². The summed E-state index contributed by atoms with van der Waals surface area (Å²) in [6.45, 7) is 2.71.